The Kier molecular flexibility index (Phi) is 6.51. The molecule has 0 saturated carbocycles. The second-order valence-electron chi connectivity index (χ2n) is 6.78. The van der Waals surface area contributed by atoms with Crippen LogP contribution in [0.4, 0.5) is 32.0 Å². The van der Waals surface area contributed by atoms with Crippen molar-refractivity contribution in [2.45, 2.75) is 19.5 Å². The molecule has 1 aromatic heterocycles. The van der Waals surface area contributed by atoms with Gasteiger partial charge in [-0.15, -0.1) is 5.10 Å². The predicted octanol–water partition coefficient (Wildman–Crippen LogP) is 3.74. The number of nitrogens with zero attached hydrogens (tertiary/aromatic N) is 3. The molecule has 7 nitrogen and oxygen atoms in total. The van der Waals surface area contributed by atoms with Crippen molar-refractivity contribution in [3.05, 3.63) is 69.7 Å². The molecule has 3 aromatic rings. The first kappa shape index (κ1) is 23.9. The summed E-state index contributed by atoms with van der Waals surface area (Å²) in [5.41, 5.74) is -3.05. The molecule has 1 heterocycles. The minimum absolute atomic E-state index is 0.258. The Morgan fingerprint density at radius 2 is 1.76 bits per heavy atom. The van der Waals surface area contributed by atoms with Crippen LogP contribution in [-0.2, 0) is 13.5 Å². The van der Waals surface area contributed by atoms with E-state index in [2.05, 4.69) is 9.84 Å². The molecule has 13 heteroatoms. The fourth-order valence-electron chi connectivity index (χ4n) is 2.90. The third-order valence-corrected chi connectivity index (χ3v) is 4.50. The molecular weight excluding hydrogens is 458 g/mol. The molecule has 176 valence electrons. The first-order valence-corrected chi connectivity index (χ1v) is 9.36. The monoisotopic (exact) mass is 474 g/mol. The summed E-state index contributed by atoms with van der Waals surface area (Å²) in [6, 6.07) is 3.87. The molecule has 2 aromatic carbocycles. The molecule has 0 radical (unpaired) electrons. The molecule has 0 bridgehead atoms. The highest BCUT2D eigenvalue weighted by Gasteiger charge is 2.30. The van der Waals surface area contributed by atoms with E-state index >= 15 is 0 Å². The Morgan fingerprint density at radius 1 is 1.12 bits per heavy atom. The Morgan fingerprint density at radius 3 is 2.30 bits per heavy atom. The van der Waals surface area contributed by atoms with Gasteiger partial charge in [-0.2, -0.15) is 17.9 Å². The molecule has 0 aliphatic rings. The lowest BCUT2D eigenvalue weighted by atomic mass is 10.1. The second kappa shape index (κ2) is 9.00. The van der Waals surface area contributed by atoms with Crippen molar-refractivity contribution in [1.82, 2.24) is 14.3 Å². The highest BCUT2D eigenvalue weighted by Crippen LogP contribution is 2.29. The molecule has 33 heavy (non-hydrogen) atoms. The maximum atomic E-state index is 14.9. The van der Waals surface area contributed by atoms with Crippen molar-refractivity contribution in [3.8, 4) is 11.4 Å². The molecule has 0 aliphatic carbocycles. The van der Waals surface area contributed by atoms with Gasteiger partial charge in [-0.25, -0.2) is 18.0 Å². The standard InChI is InChI=1S/C20H16F6N4O3/c1-3-16-28-30(19(32)29(16)2)14-8-15(33-9-20(24,25)26)10(7-13(14)23)18(31)27-17-11(21)5-4-6-12(17)22/h4-8H,3,9H2,1-2H3,(H,27,31). The number of aromatic nitrogens is 3. The number of benzene rings is 2. The number of alkyl halides is 3. The normalized spacial score (nSPS) is 11.5. The van der Waals surface area contributed by atoms with Crippen LogP contribution in [0.2, 0.25) is 0 Å². The maximum Gasteiger partial charge on any atom is 0.422 e. The molecule has 1 amide bonds. The van der Waals surface area contributed by atoms with Crippen LogP contribution in [0.5, 0.6) is 5.75 Å². The van der Waals surface area contributed by atoms with Gasteiger partial charge in [0.1, 0.15) is 40.4 Å². The van der Waals surface area contributed by atoms with Gasteiger partial charge in [-0.1, -0.05) is 13.0 Å². The van der Waals surface area contributed by atoms with E-state index in [0.29, 0.717) is 23.2 Å². The summed E-state index contributed by atoms with van der Waals surface area (Å²) < 4.78 is 87.1. The van der Waals surface area contributed by atoms with Gasteiger partial charge < -0.3 is 10.1 Å². The number of hydrogen-bond acceptors (Lipinski definition) is 4. The second-order valence-corrected chi connectivity index (χ2v) is 6.78. The van der Waals surface area contributed by atoms with Crippen LogP contribution in [0.25, 0.3) is 5.69 Å². The quantitative estimate of drug-likeness (QED) is 0.553. The largest absolute Gasteiger partial charge is 0.483 e. The van der Waals surface area contributed by atoms with Gasteiger partial charge in [0.2, 0.25) is 0 Å². The van der Waals surface area contributed by atoms with Crippen LogP contribution in [-0.4, -0.2) is 33.0 Å². The number of carbonyl (C=O) groups excluding carboxylic acids is 1. The number of amides is 1. The van der Waals surface area contributed by atoms with E-state index in [1.54, 1.807) is 6.92 Å². The first-order chi connectivity index (χ1) is 15.4. The smallest absolute Gasteiger partial charge is 0.422 e. The third-order valence-electron chi connectivity index (χ3n) is 4.50. The Labute approximate surface area is 182 Å². The maximum absolute atomic E-state index is 14.9. The molecule has 0 fully saturated rings. The number of ether oxygens (including phenoxy) is 1. The van der Waals surface area contributed by atoms with E-state index in [0.717, 1.165) is 22.8 Å². The minimum atomic E-state index is -4.82. The Hall–Kier alpha value is -3.77. The molecule has 0 aliphatic heterocycles. The van der Waals surface area contributed by atoms with Crippen molar-refractivity contribution in [2.75, 3.05) is 11.9 Å². The summed E-state index contributed by atoms with van der Waals surface area (Å²) in [6.07, 6.45) is -4.52. The van der Waals surface area contributed by atoms with Gasteiger partial charge in [0.15, 0.2) is 6.61 Å². The van der Waals surface area contributed by atoms with E-state index in [-0.39, 0.29) is 5.82 Å². The highest BCUT2D eigenvalue weighted by atomic mass is 19.4. The zero-order valence-electron chi connectivity index (χ0n) is 17.1. The number of aryl methyl sites for hydroxylation is 1. The van der Waals surface area contributed by atoms with Crippen LogP contribution >= 0.6 is 0 Å². The molecule has 0 atom stereocenters. The Bertz CT molecular complexity index is 1250. The van der Waals surface area contributed by atoms with Gasteiger partial charge in [0, 0.05) is 19.5 Å². The molecule has 0 unspecified atom stereocenters. The summed E-state index contributed by atoms with van der Waals surface area (Å²) in [4.78, 5) is 25.0. The summed E-state index contributed by atoms with van der Waals surface area (Å²) in [5, 5.41) is 5.77. The van der Waals surface area contributed by atoms with Gasteiger partial charge in [0.05, 0.1) is 5.56 Å². The van der Waals surface area contributed by atoms with Gasteiger partial charge >= 0.3 is 11.9 Å². The highest BCUT2D eigenvalue weighted by molar-refractivity contribution is 6.06. The summed E-state index contributed by atoms with van der Waals surface area (Å²) in [6.45, 7) is -0.181. The lowest BCUT2D eigenvalue weighted by Gasteiger charge is -2.15. The number of carbonyl (C=O) groups is 1. The lowest BCUT2D eigenvalue weighted by Crippen LogP contribution is -2.24. The minimum Gasteiger partial charge on any atom is -0.483 e. The van der Waals surface area contributed by atoms with E-state index in [1.165, 1.54) is 7.05 Å². The van der Waals surface area contributed by atoms with Crippen molar-refractivity contribution in [3.63, 3.8) is 0 Å². The summed E-state index contributed by atoms with van der Waals surface area (Å²) >= 11 is 0. The van der Waals surface area contributed by atoms with Crippen molar-refractivity contribution in [1.29, 1.82) is 0 Å². The van der Waals surface area contributed by atoms with Crippen LogP contribution in [0.15, 0.2) is 35.1 Å². The molecular formula is C20H16F6N4O3. The van der Waals surface area contributed by atoms with E-state index in [1.807, 2.05) is 5.32 Å². The van der Waals surface area contributed by atoms with Crippen molar-refractivity contribution < 1.29 is 35.9 Å². The van der Waals surface area contributed by atoms with Crippen LogP contribution in [0.1, 0.15) is 23.1 Å². The molecule has 0 saturated heterocycles. The fourth-order valence-corrected chi connectivity index (χ4v) is 2.90. The summed E-state index contributed by atoms with van der Waals surface area (Å²) in [5.74, 6) is -5.40. The SMILES string of the molecule is CCc1nn(-c2cc(OCC(F)(F)F)c(C(=O)Nc3c(F)cccc3F)cc2F)c(=O)n1C. The number of para-hydroxylation sites is 1. The topological polar surface area (TPSA) is 78.2 Å². The average molecular weight is 474 g/mol. The fraction of sp³-hybridized carbons (Fsp3) is 0.250. The van der Waals surface area contributed by atoms with Crippen LogP contribution in [0.3, 0.4) is 0 Å². The third kappa shape index (κ3) is 5.02. The predicted molar refractivity (Wildman–Crippen MR) is 104 cm³/mol. The van der Waals surface area contributed by atoms with Crippen molar-refractivity contribution >= 4 is 11.6 Å². The molecule has 3 rings (SSSR count). The first-order valence-electron chi connectivity index (χ1n) is 9.36. The van der Waals surface area contributed by atoms with E-state index in [4.69, 9.17) is 0 Å². The molecule has 0 spiro atoms. The lowest BCUT2D eigenvalue weighted by molar-refractivity contribution is -0.153. The number of anilines is 1. The summed E-state index contributed by atoms with van der Waals surface area (Å²) in [7, 11) is 1.37. The van der Waals surface area contributed by atoms with Crippen molar-refractivity contribution in [2.24, 2.45) is 7.05 Å². The molecule has 1 N–H and O–H groups in total. The number of rotatable bonds is 6. The van der Waals surface area contributed by atoms with Crippen LogP contribution in [0, 0.1) is 17.5 Å². The zero-order chi connectivity index (χ0) is 24.5. The average Bonchev–Trinajstić information content (AvgIpc) is 3.03. The number of halogens is 6. The van der Waals surface area contributed by atoms with E-state index in [9.17, 15) is 35.9 Å². The van der Waals surface area contributed by atoms with E-state index < -0.39 is 64.5 Å². The number of hydrogen-bond donors (Lipinski definition) is 1. The Balaban J connectivity index is 2.10. The van der Waals surface area contributed by atoms with Crippen LogP contribution < -0.4 is 15.7 Å². The number of nitrogens with one attached hydrogen (secondary N) is 1. The zero-order valence-corrected chi connectivity index (χ0v) is 17.1. The van der Waals surface area contributed by atoms with Gasteiger partial charge in [0.25, 0.3) is 5.91 Å². The van der Waals surface area contributed by atoms with Gasteiger partial charge in [-0.3, -0.25) is 9.36 Å². The van der Waals surface area contributed by atoms with Gasteiger partial charge in [-0.05, 0) is 18.2 Å².